The number of hydrogen-bond acceptors (Lipinski definition) is 4. The van der Waals surface area contributed by atoms with Crippen molar-refractivity contribution < 1.29 is 0 Å². The van der Waals surface area contributed by atoms with Crippen LogP contribution in [0.25, 0.3) is 38.5 Å². The first-order valence-corrected chi connectivity index (χ1v) is 10.8. The number of fused-ring (bicyclic) bond motifs is 3. The van der Waals surface area contributed by atoms with Crippen molar-refractivity contribution in [1.29, 1.82) is 0 Å². The summed E-state index contributed by atoms with van der Waals surface area (Å²) >= 11 is 0. The highest BCUT2D eigenvalue weighted by atomic mass is 16.1. The quantitative estimate of drug-likeness (QED) is 0.434. The molecule has 0 N–H and O–H groups in total. The Balaban J connectivity index is 1.48. The van der Waals surface area contributed by atoms with Crippen LogP contribution in [0.3, 0.4) is 0 Å². The van der Waals surface area contributed by atoms with Crippen LogP contribution in [-0.2, 0) is 20.0 Å². The summed E-state index contributed by atoms with van der Waals surface area (Å²) in [5, 5.41) is 6.94. The average Bonchev–Trinajstić information content (AvgIpc) is 3.24. The van der Waals surface area contributed by atoms with E-state index in [2.05, 4.69) is 58.6 Å². The van der Waals surface area contributed by atoms with E-state index < -0.39 is 0 Å². The van der Waals surface area contributed by atoms with Crippen LogP contribution in [-0.4, -0.2) is 37.7 Å². The molecule has 6 rings (SSSR count). The molecular weight excluding hydrogens is 398 g/mol. The van der Waals surface area contributed by atoms with Gasteiger partial charge in [0.05, 0.1) is 11.7 Å². The zero-order valence-electron chi connectivity index (χ0n) is 18.1. The van der Waals surface area contributed by atoms with Crippen LogP contribution in [0.4, 0.5) is 0 Å². The number of aryl methyl sites for hydroxylation is 1. The van der Waals surface area contributed by atoms with Crippen LogP contribution in [0, 0.1) is 0 Å². The van der Waals surface area contributed by atoms with Gasteiger partial charge in [-0.05, 0) is 48.2 Å². The van der Waals surface area contributed by atoms with Gasteiger partial charge in [-0.15, -0.1) is 0 Å². The molecule has 1 aliphatic rings. The third-order valence-electron chi connectivity index (χ3n) is 6.54. The summed E-state index contributed by atoms with van der Waals surface area (Å²) in [6, 6.07) is 12.7. The van der Waals surface area contributed by atoms with Crippen LogP contribution in [0.1, 0.15) is 11.1 Å². The zero-order valence-corrected chi connectivity index (χ0v) is 18.1. The predicted octanol–water partition coefficient (Wildman–Crippen LogP) is 3.90. The topological polar surface area (TPSA) is 55.4 Å². The lowest BCUT2D eigenvalue weighted by atomic mass is 9.94. The molecule has 6 heteroatoms. The summed E-state index contributed by atoms with van der Waals surface area (Å²) in [6.45, 7) is 1.70. The molecule has 0 atom stereocenters. The first kappa shape index (κ1) is 19.0. The van der Waals surface area contributed by atoms with E-state index in [9.17, 15) is 4.79 Å². The number of aromatic nitrogens is 4. The van der Waals surface area contributed by atoms with Gasteiger partial charge in [0, 0.05) is 72.6 Å². The van der Waals surface area contributed by atoms with Gasteiger partial charge in [0.25, 0.3) is 5.56 Å². The van der Waals surface area contributed by atoms with E-state index in [0.29, 0.717) is 0 Å². The van der Waals surface area contributed by atoms with Crippen LogP contribution in [0.2, 0.25) is 0 Å². The van der Waals surface area contributed by atoms with E-state index >= 15 is 0 Å². The van der Waals surface area contributed by atoms with Crippen LogP contribution < -0.4 is 5.56 Å². The Labute approximate surface area is 185 Å². The van der Waals surface area contributed by atoms with Gasteiger partial charge >= 0.3 is 0 Å². The van der Waals surface area contributed by atoms with E-state index in [1.165, 1.54) is 0 Å². The van der Waals surface area contributed by atoms with Crippen molar-refractivity contribution in [1.82, 2.24) is 24.1 Å². The Morgan fingerprint density at radius 3 is 2.66 bits per heavy atom. The summed E-state index contributed by atoms with van der Waals surface area (Å²) in [5.74, 6) is 0. The second-order valence-electron chi connectivity index (χ2n) is 8.65. The lowest BCUT2D eigenvalue weighted by molar-refractivity contribution is 0.311. The van der Waals surface area contributed by atoms with Crippen LogP contribution in [0.5, 0.6) is 0 Å². The van der Waals surface area contributed by atoms with Gasteiger partial charge in [0.2, 0.25) is 0 Å². The van der Waals surface area contributed by atoms with Crippen molar-refractivity contribution in [3.8, 4) is 22.3 Å². The standard InChI is InChI=1S/C26H23N5O/c1-29-10-8-21-24(15-29)23(16-30(2)26(21)32)20-5-6-25-22(13-28-31(25)14-20)18-3-4-19-12-27-9-7-17(19)11-18/h3-7,9,11-14,16H,8,10,15H2,1-2H3. The second kappa shape index (κ2) is 7.14. The van der Waals surface area contributed by atoms with E-state index in [0.717, 1.165) is 69.2 Å². The highest BCUT2D eigenvalue weighted by Crippen LogP contribution is 2.32. The smallest absolute Gasteiger partial charge is 0.253 e. The Morgan fingerprint density at radius 2 is 1.75 bits per heavy atom. The molecule has 1 aromatic carbocycles. The average molecular weight is 422 g/mol. The van der Waals surface area contributed by atoms with Crippen molar-refractivity contribution in [2.75, 3.05) is 13.6 Å². The lowest BCUT2D eigenvalue weighted by Crippen LogP contribution is -2.34. The fourth-order valence-electron chi connectivity index (χ4n) is 4.79. The molecule has 4 aromatic heterocycles. The molecule has 158 valence electrons. The molecule has 0 spiro atoms. The molecule has 0 saturated heterocycles. The summed E-state index contributed by atoms with van der Waals surface area (Å²) in [6.07, 6.45) is 10.4. The molecule has 1 aliphatic heterocycles. The summed E-state index contributed by atoms with van der Waals surface area (Å²) < 4.78 is 3.65. The van der Waals surface area contributed by atoms with Gasteiger partial charge in [-0.3, -0.25) is 9.78 Å². The van der Waals surface area contributed by atoms with Crippen LogP contribution >= 0.6 is 0 Å². The number of pyridine rings is 3. The Bertz CT molecular complexity index is 1560. The molecule has 0 bridgehead atoms. The summed E-state index contributed by atoms with van der Waals surface area (Å²) in [4.78, 5) is 19.2. The van der Waals surface area contributed by atoms with Gasteiger partial charge in [-0.25, -0.2) is 4.52 Å². The van der Waals surface area contributed by atoms with E-state index in [1.54, 1.807) is 4.57 Å². The molecule has 0 saturated carbocycles. The molecule has 32 heavy (non-hydrogen) atoms. The minimum atomic E-state index is 0.116. The SMILES string of the molecule is CN1CCc2c(c(-c3ccc4c(-c5ccc6cnccc6c5)cnn4c3)cn(C)c2=O)C1. The van der Waals surface area contributed by atoms with Gasteiger partial charge in [0.1, 0.15) is 0 Å². The highest BCUT2D eigenvalue weighted by molar-refractivity contribution is 5.90. The van der Waals surface area contributed by atoms with E-state index in [4.69, 9.17) is 0 Å². The van der Waals surface area contributed by atoms with Gasteiger partial charge in [-0.1, -0.05) is 18.2 Å². The molecule has 5 aromatic rings. The molecular formula is C26H23N5O. The molecule has 6 nitrogen and oxygen atoms in total. The second-order valence-corrected chi connectivity index (χ2v) is 8.65. The van der Waals surface area contributed by atoms with Gasteiger partial charge in [-0.2, -0.15) is 5.10 Å². The third kappa shape index (κ3) is 2.95. The van der Waals surface area contributed by atoms with Gasteiger partial charge < -0.3 is 9.47 Å². The van der Waals surface area contributed by atoms with Crippen molar-refractivity contribution in [3.63, 3.8) is 0 Å². The molecule has 0 radical (unpaired) electrons. The first-order valence-electron chi connectivity index (χ1n) is 10.8. The summed E-state index contributed by atoms with van der Waals surface area (Å²) in [5.41, 5.74) is 7.64. The lowest BCUT2D eigenvalue weighted by Gasteiger charge is -2.27. The number of benzene rings is 1. The Kier molecular flexibility index (Phi) is 4.23. The minimum Gasteiger partial charge on any atom is -0.318 e. The maximum absolute atomic E-state index is 12.7. The molecule has 0 fully saturated rings. The molecule has 5 heterocycles. The zero-order chi connectivity index (χ0) is 21.8. The number of rotatable bonds is 2. The number of hydrogen-bond donors (Lipinski definition) is 0. The van der Waals surface area contributed by atoms with E-state index in [-0.39, 0.29) is 5.56 Å². The summed E-state index contributed by atoms with van der Waals surface area (Å²) in [7, 11) is 3.94. The number of nitrogens with zero attached hydrogens (tertiary/aromatic N) is 5. The normalized spacial score (nSPS) is 14.2. The van der Waals surface area contributed by atoms with Gasteiger partial charge in [0.15, 0.2) is 0 Å². The minimum absolute atomic E-state index is 0.116. The van der Waals surface area contributed by atoms with Crippen LogP contribution in [0.15, 0.2) is 72.2 Å². The molecule has 0 unspecified atom stereocenters. The van der Waals surface area contributed by atoms with Crippen molar-refractivity contribution in [2.45, 2.75) is 13.0 Å². The Morgan fingerprint density at radius 1 is 0.875 bits per heavy atom. The van der Waals surface area contributed by atoms with Crippen molar-refractivity contribution >= 4 is 16.3 Å². The Hall–Kier alpha value is -3.77. The third-order valence-corrected chi connectivity index (χ3v) is 6.54. The first-order chi connectivity index (χ1) is 15.6. The molecule has 0 amide bonds. The predicted molar refractivity (Wildman–Crippen MR) is 127 cm³/mol. The fraction of sp³-hybridized carbons (Fsp3) is 0.192. The molecule has 0 aliphatic carbocycles. The highest BCUT2D eigenvalue weighted by Gasteiger charge is 2.22. The maximum Gasteiger partial charge on any atom is 0.253 e. The maximum atomic E-state index is 12.7. The van der Waals surface area contributed by atoms with Crippen molar-refractivity contribution in [3.05, 3.63) is 88.9 Å². The largest absolute Gasteiger partial charge is 0.318 e. The number of likely N-dealkylation sites (N-methyl/N-ethyl adjacent to an activating group) is 1. The monoisotopic (exact) mass is 421 g/mol. The van der Waals surface area contributed by atoms with Crippen molar-refractivity contribution in [2.24, 2.45) is 7.05 Å². The fourth-order valence-corrected chi connectivity index (χ4v) is 4.79. The van der Waals surface area contributed by atoms with E-state index in [1.807, 2.05) is 42.4 Å².